The molecule has 2 aliphatic rings. The molecule has 1 N–H and O–H groups in total. The summed E-state index contributed by atoms with van der Waals surface area (Å²) in [5.41, 5.74) is 2.97. The monoisotopic (exact) mass is 405 g/mol. The Morgan fingerprint density at radius 2 is 2.10 bits per heavy atom. The number of fused-ring (bicyclic) bond motifs is 1. The number of hydrogen-bond acceptors (Lipinski definition) is 6. The van der Waals surface area contributed by atoms with Crippen LogP contribution < -0.4 is 5.32 Å². The summed E-state index contributed by atoms with van der Waals surface area (Å²) < 4.78 is 3.65. The van der Waals surface area contributed by atoms with Crippen molar-refractivity contribution in [2.75, 3.05) is 0 Å². The van der Waals surface area contributed by atoms with E-state index in [0.29, 0.717) is 25.1 Å². The van der Waals surface area contributed by atoms with Crippen molar-refractivity contribution in [2.24, 2.45) is 0 Å². The van der Waals surface area contributed by atoms with Crippen molar-refractivity contribution in [1.29, 1.82) is 0 Å². The van der Waals surface area contributed by atoms with Crippen LogP contribution in [0.3, 0.4) is 0 Å². The van der Waals surface area contributed by atoms with E-state index in [1.165, 1.54) is 4.90 Å². The largest absolute Gasteiger partial charge is 0.329 e. The van der Waals surface area contributed by atoms with Gasteiger partial charge in [-0.3, -0.25) is 19.7 Å². The number of nitrogens with zero attached hydrogens (tertiary/aromatic N) is 6. The zero-order chi connectivity index (χ0) is 20.8. The number of imidazole rings is 1. The number of nitrogens with one attached hydrogen (secondary N) is 1. The van der Waals surface area contributed by atoms with Crippen molar-refractivity contribution < 1.29 is 14.4 Å². The lowest BCUT2D eigenvalue weighted by atomic mass is 10.0. The van der Waals surface area contributed by atoms with Gasteiger partial charge < -0.3 is 9.47 Å². The van der Waals surface area contributed by atoms with Crippen molar-refractivity contribution in [1.82, 2.24) is 34.8 Å². The van der Waals surface area contributed by atoms with Crippen molar-refractivity contribution in [3.63, 3.8) is 0 Å². The van der Waals surface area contributed by atoms with E-state index >= 15 is 0 Å². The van der Waals surface area contributed by atoms with Crippen molar-refractivity contribution in [2.45, 2.75) is 38.9 Å². The van der Waals surface area contributed by atoms with Gasteiger partial charge in [-0.15, -0.1) is 5.10 Å². The molecule has 2 aliphatic heterocycles. The molecular formula is C20H19N7O3. The van der Waals surface area contributed by atoms with Crippen LogP contribution in [0.15, 0.2) is 36.8 Å². The molecule has 0 aliphatic carbocycles. The summed E-state index contributed by atoms with van der Waals surface area (Å²) in [6.07, 6.45) is 6.05. The third-order valence-electron chi connectivity index (χ3n) is 5.57. The van der Waals surface area contributed by atoms with Gasteiger partial charge in [0.05, 0.1) is 18.4 Å². The summed E-state index contributed by atoms with van der Waals surface area (Å²) in [5.74, 6) is -0.00559. The number of piperidine rings is 1. The van der Waals surface area contributed by atoms with Crippen LogP contribution in [0.5, 0.6) is 0 Å². The molecule has 10 heteroatoms. The Kier molecular flexibility index (Phi) is 4.19. The molecule has 1 fully saturated rings. The molecule has 152 valence electrons. The molecule has 3 amide bonds. The fraction of sp³-hybridized carbons (Fsp3) is 0.300. The van der Waals surface area contributed by atoms with Gasteiger partial charge in [-0.25, -0.2) is 9.67 Å². The summed E-state index contributed by atoms with van der Waals surface area (Å²) in [7, 11) is 0. The van der Waals surface area contributed by atoms with Crippen LogP contribution in [-0.2, 0) is 22.7 Å². The summed E-state index contributed by atoms with van der Waals surface area (Å²) in [6.45, 7) is 2.82. The number of benzene rings is 1. The number of imide groups is 1. The van der Waals surface area contributed by atoms with E-state index in [9.17, 15) is 14.4 Å². The Morgan fingerprint density at radius 1 is 1.23 bits per heavy atom. The minimum Gasteiger partial charge on any atom is -0.329 e. The minimum atomic E-state index is -0.623. The van der Waals surface area contributed by atoms with E-state index in [2.05, 4.69) is 20.6 Å². The molecule has 1 atom stereocenters. The van der Waals surface area contributed by atoms with Crippen molar-refractivity contribution in [3.8, 4) is 5.69 Å². The summed E-state index contributed by atoms with van der Waals surface area (Å²) >= 11 is 0. The maximum absolute atomic E-state index is 12.8. The van der Waals surface area contributed by atoms with Crippen LogP contribution in [0.25, 0.3) is 5.69 Å². The smallest absolute Gasteiger partial charge is 0.255 e. The van der Waals surface area contributed by atoms with E-state index < -0.39 is 11.9 Å². The molecule has 5 rings (SSSR count). The predicted octanol–water partition coefficient (Wildman–Crippen LogP) is 0.582. The molecule has 2 aromatic heterocycles. The second-order valence-electron chi connectivity index (χ2n) is 7.50. The third-order valence-corrected chi connectivity index (χ3v) is 5.57. The van der Waals surface area contributed by atoms with Gasteiger partial charge in [0, 0.05) is 30.9 Å². The first kappa shape index (κ1) is 18.2. The average molecular weight is 405 g/mol. The van der Waals surface area contributed by atoms with Crippen LogP contribution in [-0.4, -0.2) is 53.2 Å². The van der Waals surface area contributed by atoms with Crippen LogP contribution >= 0.6 is 0 Å². The van der Waals surface area contributed by atoms with Gasteiger partial charge in [0.2, 0.25) is 11.8 Å². The fourth-order valence-electron chi connectivity index (χ4n) is 3.95. The number of amides is 3. The highest BCUT2D eigenvalue weighted by Gasteiger charge is 2.39. The molecule has 1 unspecified atom stereocenters. The topological polar surface area (TPSA) is 115 Å². The number of hydrogen-bond donors (Lipinski definition) is 1. The lowest BCUT2D eigenvalue weighted by molar-refractivity contribution is -0.136. The van der Waals surface area contributed by atoms with E-state index in [4.69, 9.17) is 0 Å². The molecule has 0 spiro atoms. The van der Waals surface area contributed by atoms with E-state index in [-0.39, 0.29) is 18.2 Å². The second-order valence-corrected chi connectivity index (χ2v) is 7.50. The molecule has 30 heavy (non-hydrogen) atoms. The zero-order valence-electron chi connectivity index (χ0n) is 16.3. The van der Waals surface area contributed by atoms with Crippen LogP contribution in [0.1, 0.15) is 40.3 Å². The van der Waals surface area contributed by atoms with Gasteiger partial charge in [-0.2, -0.15) is 0 Å². The number of aromatic nitrogens is 5. The first-order valence-corrected chi connectivity index (χ1v) is 9.66. The standard InChI is InChI=1S/C20H19N7O3/c1-12-21-6-7-25(12)10-14-11-27(24-23-14)15-2-3-16-13(8-15)9-26(20(16)30)17-4-5-18(28)22-19(17)29/h2-3,6-8,11,17H,4-5,9-10H2,1H3,(H,22,28,29). The molecule has 0 radical (unpaired) electrons. The maximum atomic E-state index is 12.8. The fourth-order valence-corrected chi connectivity index (χ4v) is 3.95. The van der Waals surface area contributed by atoms with E-state index in [0.717, 1.165) is 22.8 Å². The van der Waals surface area contributed by atoms with Gasteiger partial charge in [0.25, 0.3) is 5.91 Å². The second kappa shape index (κ2) is 6.90. The predicted molar refractivity (Wildman–Crippen MR) is 103 cm³/mol. The van der Waals surface area contributed by atoms with Gasteiger partial charge in [0.1, 0.15) is 17.6 Å². The van der Waals surface area contributed by atoms with Crippen LogP contribution in [0, 0.1) is 6.92 Å². The molecule has 0 saturated carbocycles. The summed E-state index contributed by atoms with van der Waals surface area (Å²) in [6, 6.07) is 4.83. The molecule has 3 aromatic rings. The molecule has 1 aromatic carbocycles. The average Bonchev–Trinajstić information content (AvgIpc) is 3.43. The first-order chi connectivity index (χ1) is 14.5. The SMILES string of the molecule is Cc1nccn1Cc1cn(-c2ccc3c(c2)CN(C2CCC(=O)NC2=O)C3=O)nn1. The Morgan fingerprint density at radius 3 is 2.87 bits per heavy atom. The lowest BCUT2D eigenvalue weighted by Crippen LogP contribution is -2.52. The Labute approximate surface area is 171 Å². The molecule has 4 heterocycles. The highest BCUT2D eigenvalue weighted by Crippen LogP contribution is 2.29. The highest BCUT2D eigenvalue weighted by molar-refractivity contribution is 6.05. The normalized spacial score (nSPS) is 18.6. The molecule has 1 saturated heterocycles. The summed E-state index contributed by atoms with van der Waals surface area (Å²) in [5, 5.41) is 10.7. The van der Waals surface area contributed by atoms with Gasteiger partial charge in [-0.05, 0) is 37.1 Å². The number of carbonyl (C=O) groups excluding carboxylic acids is 3. The lowest BCUT2D eigenvalue weighted by Gasteiger charge is -2.29. The third kappa shape index (κ3) is 3.06. The van der Waals surface area contributed by atoms with Gasteiger partial charge in [0.15, 0.2) is 0 Å². The van der Waals surface area contributed by atoms with Crippen LogP contribution in [0.4, 0.5) is 0 Å². The zero-order valence-corrected chi connectivity index (χ0v) is 16.3. The molecular weight excluding hydrogens is 386 g/mol. The van der Waals surface area contributed by atoms with Crippen LogP contribution in [0.2, 0.25) is 0 Å². The molecule has 0 bridgehead atoms. The maximum Gasteiger partial charge on any atom is 0.255 e. The Balaban J connectivity index is 1.36. The van der Waals surface area contributed by atoms with E-state index in [1.54, 1.807) is 16.9 Å². The number of carbonyl (C=O) groups is 3. The molecule has 10 nitrogen and oxygen atoms in total. The number of rotatable bonds is 4. The number of aryl methyl sites for hydroxylation is 1. The van der Waals surface area contributed by atoms with Crippen molar-refractivity contribution in [3.05, 3.63) is 59.4 Å². The Bertz CT molecular complexity index is 1180. The minimum absolute atomic E-state index is 0.194. The van der Waals surface area contributed by atoms with E-state index in [1.807, 2.05) is 36.0 Å². The van der Waals surface area contributed by atoms with Crippen molar-refractivity contribution >= 4 is 17.7 Å². The highest BCUT2D eigenvalue weighted by atomic mass is 16.2. The first-order valence-electron chi connectivity index (χ1n) is 9.66. The Hall–Kier alpha value is -3.82. The summed E-state index contributed by atoms with van der Waals surface area (Å²) in [4.78, 5) is 42.1. The quantitative estimate of drug-likeness (QED) is 0.635. The van der Waals surface area contributed by atoms with Gasteiger partial charge in [-0.1, -0.05) is 5.21 Å². The van der Waals surface area contributed by atoms with Gasteiger partial charge >= 0.3 is 0 Å².